The third-order valence-electron chi connectivity index (χ3n) is 8.58. The molecule has 5 rings (SSSR count). The van der Waals surface area contributed by atoms with Gasteiger partial charge in [-0.05, 0) is 74.7 Å². The Kier molecular flexibility index (Phi) is 9.66. The van der Waals surface area contributed by atoms with E-state index in [4.69, 9.17) is 5.26 Å². The molecule has 1 aromatic heterocycles. The van der Waals surface area contributed by atoms with Crippen LogP contribution in [0, 0.1) is 36.8 Å². The van der Waals surface area contributed by atoms with Gasteiger partial charge in [-0.1, -0.05) is 12.1 Å². The normalized spacial score (nSPS) is 13.8. The summed E-state index contributed by atoms with van der Waals surface area (Å²) >= 11 is 0. The number of carboxylic acid groups (broad SMARTS) is 1. The summed E-state index contributed by atoms with van der Waals surface area (Å²) in [5.74, 6) is -6.09. The van der Waals surface area contributed by atoms with Crippen LogP contribution in [-0.4, -0.2) is 52.0 Å². The molecule has 0 aliphatic heterocycles. The molecule has 4 N–H and O–H groups in total. The Labute approximate surface area is 289 Å². The first kappa shape index (κ1) is 36.1. The highest BCUT2D eigenvalue weighted by Crippen LogP contribution is 2.34. The minimum absolute atomic E-state index is 0.0704. The van der Waals surface area contributed by atoms with Crippen LogP contribution in [0.15, 0.2) is 75.1 Å². The summed E-state index contributed by atoms with van der Waals surface area (Å²) in [5.41, 5.74) is -2.28. The molecule has 1 aliphatic rings. The van der Waals surface area contributed by atoms with Crippen molar-refractivity contribution in [3.8, 4) is 11.8 Å². The van der Waals surface area contributed by atoms with Gasteiger partial charge in [-0.25, -0.2) is 31.4 Å². The van der Waals surface area contributed by atoms with Gasteiger partial charge in [-0.3, -0.25) is 19.1 Å². The number of carbonyl (C=O) groups is 3. The van der Waals surface area contributed by atoms with Gasteiger partial charge in [-0.2, -0.15) is 5.26 Å². The van der Waals surface area contributed by atoms with Gasteiger partial charge in [0.2, 0.25) is 0 Å². The lowest BCUT2D eigenvalue weighted by atomic mass is 10.0. The van der Waals surface area contributed by atoms with Crippen LogP contribution >= 0.6 is 0 Å². The summed E-state index contributed by atoms with van der Waals surface area (Å²) in [4.78, 5) is 62.4. The molecule has 1 aliphatic carbocycles. The van der Waals surface area contributed by atoms with E-state index in [0.717, 1.165) is 16.7 Å². The van der Waals surface area contributed by atoms with E-state index in [1.807, 2.05) is 10.8 Å². The van der Waals surface area contributed by atoms with Crippen molar-refractivity contribution in [1.29, 1.82) is 5.26 Å². The molecule has 0 radical (unpaired) electrons. The number of benzene rings is 3. The number of rotatable bonds is 11. The highest BCUT2D eigenvalue weighted by atomic mass is 32.2. The molecule has 3 aromatic carbocycles. The molecule has 264 valence electrons. The Hall–Kier alpha value is -6.15. The van der Waals surface area contributed by atoms with Crippen LogP contribution < -0.4 is 26.6 Å². The molecular formula is C34H30F2N6O8S. The van der Waals surface area contributed by atoms with Gasteiger partial charge in [0.25, 0.3) is 27.4 Å². The summed E-state index contributed by atoms with van der Waals surface area (Å²) in [7, 11) is -2.99. The van der Waals surface area contributed by atoms with Crippen molar-refractivity contribution in [3.05, 3.63) is 121 Å². The number of nitrogens with zero attached hydrogens (tertiary/aromatic N) is 3. The van der Waals surface area contributed by atoms with Crippen LogP contribution in [0.1, 0.15) is 50.4 Å². The minimum Gasteiger partial charge on any atom is -0.480 e. The quantitative estimate of drug-likeness (QED) is 0.179. The number of aromatic nitrogens is 2. The molecule has 4 aromatic rings. The van der Waals surface area contributed by atoms with Crippen LogP contribution in [-0.2, 0) is 28.3 Å². The molecule has 1 saturated carbocycles. The zero-order valence-corrected chi connectivity index (χ0v) is 28.1. The largest absolute Gasteiger partial charge is 0.480 e. The zero-order chi connectivity index (χ0) is 37.4. The highest BCUT2D eigenvalue weighted by Gasteiger charge is 2.44. The van der Waals surface area contributed by atoms with Crippen molar-refractivity contribution in [1.82, 2.24) is 19.8 Å². The van der Waals surface area contributed by atoms with E-state index in [0.29, 0.717) is 41.8 Å². The van der Waals surface area contributed by atoms with Crippen molar-refractivity contribution >= 4 is 33.5 Å². The molecule has 0 spiro atoms. The predicted molar refractivity (Wildman–Crippen MR) is 178 cm³/mol. The second kappa shape index (κ2) is 13.6. The van der Waals surface area contributed by atoms with Gasteiger partial charge in [0.1, 0.15) is 23.2 Å². The Morgan fingerprint density at radius 2 is 1.61 bits per heavy atom. The lowest BCUT2D eigenvalue weighted by molar-refractivity contribution is -0.139. The van der Waals surface area contributed by atoms with Gasteiger partial charge in [-0.15, -0.1) is 0 Å². The van der Waals surface area contributed by atoms with Gasteiger partial charge in [0.05, 0.1) is 27.9 Å². The third kappa shape index (κ3) is 7.40. The average molecular weight is 721 g/mol. The number of aliphatic carboxylic acids is 1. The summed E-state index contributed by atoms with van der Waals surface area (Å²) in [6.45, 7) is 3.21. The van der Waals surface area contributed by atoms with Crippen LogP contribution in [0.25, 0.3) is 5.69 Å². The van der Waals surface area contributed by atoms with Gasteiger partial charge in [0, 0.05) is 36.4 Å². The maximum atomic E-state index is 15.1. The van der Waals surface area contributed by atoms with E-state index in [9.17, 15) is 37.5 Å². The smallest absolute Gasteiger partial charge is 0.335 e. The maximum absolute atomic E-state index is 15.1. The number of nitrogens with one attached hydrogen (secondary N) is 3. The molecule has 1 fully saturated rings. The fourth-order valence-corrected chi connectivity index (χ4v) is 6.16. The van der Waals surface area contributed by atoms with E-state index >= 15 is 8.78 Å². The number of amides is 2. The van der Waals surface area contributed by atoms with E-state index in [2.05, 4.69) is 10.6 Å². The number of anilines is 1. The topological polar surface area (TPSA) is 209 Å². The Bertz CT molecular complexity index is 2330. The van der Waals surface area contributed by atoms with E-state index in [1.54, 1.807) is 13.8 Å². The Morgan fingerprint density at radius 1 is 0.980 bits per heavy atom. The van der Waals surface area contributed by atoms with Crippen LogP contribution in [0.3, 0.4) is 0 Å². The monoisotopic (exact) mass is 720 g/mol. The lowest BCUT2D eigenvalue weighted by Gasteiger charge is -2.17. The van der Waals surface area contributed by atoms with E-state index < -0.39 is 78.4 Å². The number of hydrogen-bond donors (Lipinski definition) is 4. The first-order chi connectivity index (χ1) is 24.0. The summed E-state index contributed by atoms with van der Waals surface area (Å²) in [5, 5.41) is 23.6. The van der Waals surface area contributed by atoms with Crippen molar-refractivity contribution in [2.75, 3.05) is 4.72 Å². The SMILES string of the molecule is Cc1c(C)n(C)c(=O)n(-c2ccc(C[C@H](NC(=O)c3cc(F)c(NS(=O)(=O)c4ccc(C(=O)NC5(C#N)CC5)cc4)cc3F)C(=O)O)cc2)c1=O. The summed E-state index contributed by atoms with van der Waals surface area (Å²) in [6.07, 6.45) is 0.671. The zero-order valence-electron chi connectivity index (χ0n) is 27.3. The summed E-state index contributed by atoms with van der Waals surface area (Å²) in [6, 6.07) is 11.4. The lowest BCUT2D eigenvalue weighted by Crippen LogP contribution is -2.42. The number of halogens is 2. The van der Waals surface area contributed by atoms with Crippen LogP contribution in [0.2, 0.25) is 0 Å². The first-order valence-corrected chi connectivity index (χ1v) is 16.7. The van der Waals surface area contributed by atoms with Crippen LogP contribution in [0.4, 0.5) is 14.5 Å². The van der Waals surface area contributed by atoms with Crippen molar-refractivity contribution < 1.29 is 36.7 Å². The minimum atomic E-state index is -4.51. The molecule has 0 saturated heterocycles. The molecule has 14 nitrogen and oxygen atoms in total. The van der Waals surface area contributed by atoms with Crippen molar-refractivity contribution in [2.45, 2.75) is 49.6 Å². The predicted octanol–water partition coefficient (Wildman–Crippen LogP) is 2.44. The van der Waals surface area contributed by atoms with E-state index in [1.165, 1.54) is 48.0 Å². The van der Waals surface area contributed by atoms with Gasteiger partial charge in [0.15, 0.2) is 0 Å². The molecule has 0 bridgehead atoms. The second-order valence-corrected chi connectivity index (χ2v) is 13.7. The maximum Gasteiger partial charge on any atom is 0.335 e. The number of carboxylic acids is 1. The molecule has 1 atom stereocenters. The number of carbonyl (C=O) groups excluding carboxylic acids is 2. The number of hydrogen-bond acceptors (Lipinski definition) is 8. The highest BCUT2D eigenvalue weighted by molar-refractivity contribution is 7.92. The molecule has 1 heterocycles. The molecule has 17 heteroatoms. The number of sulfonamides is 1. The average Bonchev–Trinajstić information content (AvgIpc) is 3.87. The second-order valence-electron chi connectivity index (χ2n) is 12.0. The molecule has 2 amide bonds. The summed E-state index contributed by atoms with van der Waals surface area (Å²) < 4.78 is 60.1. The van der Waals surface area contributed by atoms with Gasteiger partial charge < -0.3 is 20.3 Å². The van der Waals surface area contributed by atoms with Crippen LogP contribution in [0.5, 0.6) is 0 Å². The van der Waals surface area contributed by atoms with Crippen molar-refractivity contribution in [2.24, 2.45) is 7.05 Å². The Balaban J connectivity index is 1.28. The first-order valence-electron chi connectivity index (χ1n) is 15.2. The fraction of sp³-hybridized carbons (Fsp3) is 0.235. The standard InChI is InChI=1S/C34H30F2N6O8S/c1-18-19(2)41(3)33(48)42(31(18)45)22-8-4-20(5-9-22)14-28(32(46)47)38-30(44)24-15-26(36)27(16-25(24)35)40-51(49,50)23-10-6-21(7-11-23)29(43)39-34(17-37)12-13-34/h4-11,15-16,28,40H,12-14H2,1-3H3,(H,38,44)(H,39,43)(H,46,47)/t28-/m0/s1. The fourth-order valence-electron chi connectivity index (χ4n) is 5.10. The molecular weight excluding hydrogens is 690 g/mol. The third-order valence-corrected chi connectivity index (χ3v) is 9.96. The van der Waals surface area contributed by atoms with Gasteiger partial charge >= 0.3 is 11.7 Å². The van der Waals surface area contributed by atoms with E-state index in [-0.39, 0.29) is 17.7 Å². The molecule has 0 unspecified atom stereocenters. The van der Waals surface area contributed by atoms with Crippen molar-refractivity contribution in [3.63, 3.8) is 0 Å². The molecule has 51 heavy (non-hydrogen) atoms. The number of nitriles is 1. The Morgan fingerprint density at radius 3 is 2.18 bits per heavy atom.